The van der Waals surface area contributed by atoms with Crippen LogP contribution in [0.2, 0.25) is 0 Å². The van der Waals surface area contributed by atoms with Crippen molar-refractivity contribution in [2.75, 3.05) is 20.8 Å². The Balaban J connectivity index is 0.000000529. The number of hydrogen-bond acceptors (Lipinski definition) is 7. The summed E-state index contributed by atoms with van der Waals surface area (Å²) in [5, 5.41) is 11.0. The topological polar surface area (TPSA) is 126 Å². The van der Waals surface area contributed by atoms with E-state index in [0.717, 1.165) is 16.7 Å². The Labute approximate surface area is 291 Å². The molecule has 1 aliphatic rings. The third kappa shape index (κ3) is 8.47. The molecule has 1 saturated heterocycles. The van der Waals surface area contributed by atoms with E-state index in [1.165, 1.54) is 22.2 Å². The molecule has 6 rings (SSSR count). The van der Waals surface area contributed by atoms with E-state index in [9.17, 15) is 14.7 Å². The molecule has 1 fully saturated rings. The van der Waals surface area contributed by atoms with Gasteiger partial charge in [0.1, 0.15) is 29.4 Å². The number of hydrogen-bond donors (Lipinski definition) is 2. The lowest BCUT2D eigenvalue weighted by atomic mass is 9.80. The van der Waals surface area contributed by atoms with E-state index in [-0.39, 0.29) is 25.4 Å². The summed E-state index contributed by atoms with van der Waals surface area (Å²) in [5.41, 5.74) is 3.25. The maximum absolute atomic E-state index is 12.5. The van der Waals surface area contributed by atoms with E-state index in [1.807, 2.05) is 111 Å². The molecule has 0 aliphatic carbocycles. The van der Waals surface area contributed by atoms with Crippen LogP contribution in [0.3, 0.4) is 0 Å². The average molecular weight is 688 g/mol. The van der Waals surface area contributed by atoms with Crippen LogP contribution in [0.5, 0.6) is 11.5 Å². The molecule has 258 valence electrons. The van der Waals surface area contributed by atoms with Crippen LogP contribution < -0.4 is 38.1 Å². The summed E-state index contributed by atoms with van der Waals surface area (Å²) in [6.07, 6.45) is -0.763. The minimum Gasteiger partial charge on any atom is -1.00 e. The lowest BCUT2D eigenvalue weighted by Crippen LogP contribution is -3.00. The molecule has 49 heavy (non-hydrogen) atoms. The van der Waals surface area contributed by atoms with Crippen LogP contribution in [0.25, 0.3) is 0 Å². The zero-order valence-electron chi connectivity index (χ0n) is 28.2. The van der Waals surface area contributed by atoms with Crippen LogP contribution in [-0.4, -0.2) is 47.7 Å². The maximum Gasteiger partial charge on any atom is 0.330 e. The number of aromatic nitrogens is 3. The maximum atomic E-state index is 12.5. The molecule has 10 nitrogen and oxygen atoms in total. The standard InChI is InChI=1S/C31H32N2O7.C7H9N.ClH/c1-20-18-33(30(36)32-29(20)35)28-17-26(34)27(40-28)19-39-31(21-7-5-4-6-8-21,22-9-13-24(37-2)14-10-22)23-11-15-25(38-3)16-12-23;1-6-4-3-5-7(2)8-6;/h4-16,18,26-28,34H,17,19H2,1-3H3,(H,32,35,36);3-5H,1-2H3;1H/t26-,27+,28+;;/m0../s1. The molecule has 11 heteroatoms. The van der Waals surface area contributed by atoms with Crippen molar-refractivity contribution in [3.63, 3.8) is 0 Å². The van der Waals surface area contributed by atoms with Gasteiger partial charge in [0.05, 0.1) is 26.9 Å². The van der Waals surface area contributed by atoms with Crippen LogP contribution in [-0.2, 0) is 15.1 Å². The van der Waals surface area contributed by atoms with Crippen molar-refractivity contribution in [1.29, 1.82) is 0 Å². The van der Waals surface area contributed by atoms with Gasteiger partial charge in [-0.05, 0) is 53.9 Å². The van der Waals surface area contributed by atoms with Gasteiger partial charge < -0.3 is 36.5 Å². The molecule has 0 radical (unpaired) electrons. The molecule has 3 aromatic carbocycles. The zero-order chi connectivity index (χ0) is 34.3. The van der Waals surface area contributed by atoms with Gasteiger partial charge in [-0.2, -0.15) is 0 Å². The smallest absolute Gasteiger partial charge is 0.330 e. The summed E-state index contributed by atoms with van der Waals surface area (Å²) in [4.78, 5) is 29.8. The van der Waals surface area contributed by atoms with Gasteiger partial charge in [0.15, 0.2) is 11.4 Å². The van der Waals surface area contributed by atoms with Gasteiger partial charge in [0.25, 0.3) is 5.56 Å². The molecule has 0 saturated carbocycles. The molecule has 0 spiro atoms. The fraction of sp³-hybridized carbons (Fsp3) is 0.289. The molecule has 1 aliphatic heterocycles. The average Bonchev–Trinajstić information content (AvgIpc) is 3.47. The van der Waals surface area contributed by atoms with Gasteiger partial charge in [-0.1, -0.05) is 54.6 Å². The Morgan fingerprint density at radius 1 is 0.816 bits per heavy atom. The van der Waals surface area contributed by atoms with E-state index in [4.69, 9.17) is 18.9 Å². The van der Waals surface area contributed by atoms with Gasteiger partial charge in [-0.25, -0.2) is 9.78 Å². The van der Waals surface area contributed by atoms with Crippen molar-refractivity contribution >= 4 is 0 Å². The highest BCUT2D eigenvalue weighted by molar-refractivity contribution is 5.49. The van der Waals surface area contributed by atoms with E-state index >= 15 is 0 Å². The summed E-state index contributed by atoms with van der Waals surface area (Å²) in [7, 11) is 3.23. The monoisotopic (exact) mass is 687 g/mol. The predicted octanol–water partition coefficient (Wildman–Crippen LogP) is 1.64. The molecule has 0 bridgehead atoms. The highest BCUT2D eigenvalue weighted by atomic mass is 35.5. The number of nitrogens with zero attached hydrogens (tertiary/aromatic N) is 1. The Morgan fingerprint density at radius 3 is 1.84 bits per heavy atom. The Hall–Kier alpha value is -4.74. The summed E-state index contributed by atoms with van der Waals surface area (Å²) < 4.78 is 25.1. The molecule has 5 aromatic rings. The molecule has 0 unspecified atom stereocenters. The second-order valence-corrected chi connectivity index (χ2v) is 11.7. The largest absolute Gasteiger partial charge is 1.00 e. The number of nitrogens with one attached hydrogen (secondary N) is 2. The minimum absolute atomic E-state index is 0. The normalized spacial score (nSPS) is 17.0. The highest BCUT2D eigenvalue weighted by Crippen LogP contribution is 2.42. The number of aromatic amines is 2. The number of ether oxygens (including phenoxy) is 4. The summed E-state index contributed by atoms with van der Waals surface area (Å²) in [5.74, 6) is 1.42. The Kier molecular flexibility index (Phi) is 12.5. The van der Waals surface area contributed by atoms with Crippen LogP contribution in [0.4, 0.5) is 0 Å². The van der Waals surface area contributed by atoms with Crippen molar-refractivity contribution in [1.82, 2.24) is 9.55 Å². The molecule has 3 heterocycles. The van der Waals surface area contributed by atoms with E-state index in [2.05, 4.69) is 9.97 Å². The second-order valence-electron chi connectivity index (χ2n) is 11.7. The van der Waals surface area contributed by atoms with Gasteiger partial charge in [-0.15, -0.1) is 0 Å². The van der Waals surface area contributed by atoms with Crippen LogP contribution >= 0.6 is 0 Å². The first-order valence-corrected chi connectivity index (χ1v) is 15.7. The van der Waals surface area contributed by atoms with E-state index in [0.29, 0.717) is 17.1 Å². The summed E-state index contributed by atoms with van der Waals surface area (Å²) in [6, 6.07) is 31.3. The summed E-state index contributed by atoms with van der Waals surface area (Å²) in [6.45, 7) is 5.72. The second kappa shape index (κ2) is 16.6. The first kappa shape index (κ1) is 37.1. The first-order chi connectivity index (χ1) is 23.1. The van der Waals surface area contributed by atoms with Crippen LogP contribution in [0.1, 0.15) is 46.3 Å². The van der Waals surface area contributed by atoms with Gasteiger partial charge >= 0.3 is 5.69 Å². The van der Waals surface area contributed by atoms with Crippen LogP contribution in [0.15, 0.2) is 113 Å². The van der Waals surface area contributed by atoms with Crippen molar-refractivity contribution in [3.8, 4) is 11.5 Å². The van der Waals surface area contributed by atoms with Crippen molar-refractivity contribution in [2.45, 2.75) is 51.2 Å². The van der Waals surface area contributed by atoms with E-state index in [1.54, 1.807) is 21.1 Å². The van der Waals surface area contributed by atoms with Crippen molar-refractivity contribution in [2.24, 2.45) is 0 Å². The number of benzene rings is 3. The SMILES string of the molecule is COc1ccc(C(OC[C@H]2O[C@@H](n3cc(C)c(=O)[nH]c3=O)C[C@@H]2O)(c2ccccc2)c2ccc(OC)cc2)cc1.Cc1cccc(C)[nH+]1.[Cl-]. The Morgan fingerprint density at radius 2 is 1.35 bits per heavy atom. The fourth-order valence-electron chi connectivity index (χ4n) is 5.85. The molecule has 0 amide bonds. The number of halogens is 1. The predicted molar refractivity (Wildman–Crippen MR) is 181 cm³/mol. The molecule has 3 N–H and O–H groups in total. The fourth-order valence-corrected chi connectivity index (χ4v) is 5.85. The number of aliphatic hydroxyl groups is 1. The quantitative estimate of drug-likeness (QED) is 0.226. The van der Waals surface area contributed by atoms with Gasteiger partial charge in [0, 0.05) is 44.2 Å². The summed E-state index contributed by atoms with van der Waals surface area (Å²) >= 11 is 0. The molecular formula is C38H42ClN3O7. The third-order valence-electron chi connectivity index (χ3n) is 8.38. The lowest BCUT2D eigenvalue weighted by molar-refractivity contribution is -0.396. The van der Waals surface area contributed by atoms with Crippen molar-refractivity contribution in [3.05, 3.63) is 158 Å². The minimum atomic E-state index is -1.08. The molecular weight excluding hydrogens is 646 g/mol. The number of methoxy groups -OCH3 is 2. The van der Waals surface area contributed by atoms with Gasteiger partial charge in [0.2, 0.25) is 0 Å². The zero-order valence-corrected chi connectivity index (χ0v) is 28.9. The van der Waals surface area contributed by atoms with Gasteiger partial charge in [-0.3, -0.25) is 14.3 Å². The molecule has 3 atom stereocenters. The highest BCUT2D eigenvalue weighted by Gasteiger charge is 2.42. The van der Waals surface area contributed by atoms with Crippen molar-refractivity contribution < 1.29 is 41.4 Å². The Bertz CT molecular complexity index is 1850. The molecule has 2 aromatic heterocycles. The number of aryl methyl sites for hydroxylation is 3. The number of H-pyrrole nitrogens is 2. The van der Waals surface area contributed by atoms with E-state index < -0.39 is 35.3 Å². The number of pyridine rings is 1. The lowest BCUT2D eigenvalue weighted by Gasteiger charge is -2.37. The third-order valence-corrected chi connectivity index (χ3v) is 8.38. The number of rotatable bonds is 9. The van der Waals surface area contributed by atoms with Crippen LogP contribution in [0, 0.1) is 20.8 Å². The number of aliphatic hydroxyl groups excluding tert-OH is 1. The first-order valence-electron chi connectivity index (χ1n) is 15.7.